The maximum absolute atomic E-state index is 10.1. The molecule has 0 spiro atoms. The lowest BCUT2D eigenvalue weighted by Gasteiger charge is -2.44. The first-order chi connectivity index (χ1) is 13.9. The number of hydrogen-bond donors (Lipinski definition) is 3. The maximum atomic E-state index is 10.1. The van der Waals surface area contributed by atoms with E-state index in [2.05, 4.69) is 32.6 Å². The Morgan fingerprint density at radius 2 is 1.97 bits per heavy atom. The van der Waals surface area contributed by atoms with Gasteiger partial charge in [0.05, 0.1) is 12.2 Å². The number of fused-ring (bicyclic) bond motifs is 1. The second-order valence-electron chi connectivity index (χ2n) is 10.2. The molecule has 0 heterocycles. The van der Waals surface area contributed by atoms with Gasteiger partial charge in [-0.15, -0.1) is 0 Å². The number of allylic oxidation sites excluding steroid dienone is 3. The molecule has 3 rings (SSSR count). The standard InChI is InChI=1S/C26H42O3/c1-18(8-5-4-6-15-27)23-12-13-24-20(9-7-14-26(23,24)3)10-11-21-16-22(28)17-25(29)19(21)2/h10-11,18,22-25,27-29H,2,4-9,12-17H2,1,3H3/b20-10+,21-11-/t18-,22+,23-,24+,25+,26-/m1/s1. The molecule has 0 bridgehead atoms. The van der Waals surface area contributed by atoms with Crippen LogP contribution in [0.3, 0.4) is 0 Å². The third-order valence-corrected chi connectivity index (χ3v) is 8.31. The number of rotatable bonds is 7. The highest BCUT2D eigenvalue weighted by Gasteiger charge is 2.50. The summed E-state index contributed by atoms with van der Waals surface area (Å²) in [6.45, 7) is 9.36. The van der Waals surface area contributed by atoms with Gasteiger partial charge >= 0.3 is 0 Å². The molecule has 3 fully saturated rings. The van der Waals surface area contributed by atoms with Crippen LogP contribution < -0.4 is 0 Å². The van der Waals surface area contributed by atoms with Gasteiger partial charge in [-0.2, -0.15) is 0 Å². The third-order valence-electron chi connectivity index (χ3n) is 8.31. The van der Waals surface area contributed by atoms with Crippen LogP contribution in [0.2, 0.25) is 0 Å². The molecule has 0 aromatic carbocycles. The predicted octanol–water partition coefficient (Wildman–Crippen LogP) is 5.32. The van der Waals surface area contributed by atoms with Crippen molar-refractivity contribution in [3.63, 3.8) is 0 Å². The van der Waals surface area contributed by atoms with Gasteiger partial charge in [0.1, 0.15) is 0 Å². The second-order valence-corrected chi connectivity index (χ2v) is 10.2. The van der Waals surface area contributed by atoms with Crippen LogP contribution in [-0.2, 0) is 0 Å². The minimum atomic E-state index is -0.609. The Labute approximate surface area is 177 Å². The van der Waals surface area contributed by atoms with Crippen LogP contribution in [-0.4, -0.2) is 34.1 Å². The highest BCUT2D eigenvalue weighted by Crippen LogP contribution is 2.59. The average molecular weight is 403 g/mol. The van der Waals surface area contributed by atoms with Crippen LogP contribution in [0.25, 0.3) is 0 Å². The number of aliphatic hydroxyl groups is 3. The van der Waals surface area contributed by atoms with Crippen molar-refractivity contribution in [3.05, 3.63) is 35.5 Å². The van der Waals surface area contributed by atoms with Gasteiger partial charge in [0.25, 0.3) is 0 Å². The van der Waals surface area contributed by atoms with Gasteiger partial charge in [-0.1, -0.05) is 57.4 Å². The Morgan fingerprint density at radius 1 is 1.17 bits per heavy atom. The molecule has 0 aromatic rings. The molecule has 164 valence electrons. The monoisotopic (exact) mass is 402 g/mol. The lowest BCUT2D eigenvalue weighted by molar-refractivity contribution is 0.0861. The fraction of sp³-hybridized carbons (Fsp3) is 0.769. The van der Waals surface area contributed by atoms with Gasteiger partial charge < -0.3 is 15.3 Å². The zero-order valence-corrected chi connectivity index (χ0v) is 18.6. The van der Waals surface area contributed by atoms with Crippen LogP contribution >= 0.6 is 0 Å². The van der Waals surface area contributed by atoms with Crippen LogP contribution in [0, 0.1) is 23.2 Å². The van der Waals surface area contributed by atoms with Crippen LogP contribution in [0.1, 0.15) is 84.5 Å². The normalized spacial score (nSPS) is 39.1. The topological polar surface area (TPSA) is 60.7 Å². The predicted molar refractivity (Wildman–Crippen MR) is 119 cm³/mol. The van der Waals surface area contributed by atoms with Crippen LogP contribution in [0.4, 0.5) is 0 Å². The molecule has 0 aliphatic heterocycles. The highest BCUT2D eigenvalue weighted by molar-refractivity contribution is 5.38. The van der Waals surface area contributed by atoms with E-state index in [4.69, 9.17) is 5.11 Å². The van der Waals surface area contributed by atoms with Crippen molar-refractivity contribution in [2.45, 2.75) is 96.7 Å². The van der Waals surface area contributed by atoms with Crippen molar-refractivity contribution in [3.8, 4) is 0 Å². The van der Waals surface area contributed by atoms with Gasteiger partial charge in [0, 0.05) is 13.0 Å². The molecule has 3 aliphatic carbocycles. The molecule has 0 saturated heterocycles. The molecule has 0 unspecified atom stereocenters. The van der Waals surface area contributed by atoms with Gasteiger partial charge in [-0.3, -0.25) is 0 Å². The molecular formula is C26H42O3. The van der Waals surface area contributed by atoms with Gasteiger partial charge in [-0.05, 0) is 79.3 Å². The van der Waals surface area contributed by atoms with Crippen molar-refractivity contribution in [2.75, 3.05) is 6.61 Å². The molecule has 0 amide bonds. The summed E-state index contributed by atoms with van der Waals surface area (Å²) in [4.78, 5) is 0. The fourth-order valence-electron chi connectivity index (χ4n) is 6.64. The van der Waals surface area contributed by atoms with E-state index >= 15 is 0 Å². The zero-order valence-electron chi connectivity index (χ0n) is 18.6. The Balaban J connectivity index is 1.70. The fourth-order valence-corrected chi connectivity index (χ4v) is 6.64. The summed E-state index contributed by atoms with van der Waals surface area (Å²) in [5.74, 6) is 2.22. The van der Waals surface area contributed by atoms with E-state index in [0.29, 0.717) is 30.8 Å². The molecule has 3 saturated carbocycles. The van der Waals surface area contributed by atoms with Crippen LogP contribution in [0.5, 0.6) is 0 Å². The lowest BCUT2D eigenvalue weighted by atomic mass is 9.60. The summed E-state index contributed by atoms with van der Waals surface area (Å²) < 4.78 is 0. The number of aliphatic hydroxyl groups excluding tert-OH is 3. The Hall–Kier alpha value is -0.900. The summed E-state index contributed by atoms with van der Waals surface area (Å²) >= 11 is 0. The van der Waals surface area contributed by atoms with Gasteiger partial charge in [0.15, 0.2) is 0 Å². The summed E-state index contributed by atoms with van der Waals surface area (Å²) in [5, 5.41) is 29.1. The average Bonchev–Trinajstić information content (AvgIpc) is 3.04. The van der Waals surface area contributed by atoms with E-state index in [1.54, 1.807) is 5.57 Å². The molecule has 0 radical (unpaired) electrons. The first kappa shape index (κ1) is 22.8. The van der Waals surface area contributed by atoms with Gasteiger partial charge in [0.2, 0.25) is 0 Å². The quantitative estimate of drug-likeness (QED) is 0.505. The molecule has 3 aliphatic rings. The molecule has 3 heteroatoms. The van der Waals surface area contributed by atoms with E-state index in [1.807, 2.05) is 0 Å². The van der Waals surface area contributed by atoms with Crippen molar-refractivity contribution >= 4 is 0 Å². The van der Waals surface area contributed by atoms with Crippen molar-refractivity contribution in [1.82, 2.24) is 0 Å². The molecule has 0 aromatic heterocycles. The molecule has 3 nitrogen and oxygen atoms in total. The van der Waals surface area contributed by atoms with Crippen molar-refractivity contribution < 1.29 is 15.3 Å². The first-order valence-corrected chi connectivity index (χ1v) is 11.9. The number of unbranched alkanes of at least 4 members (excludes halogenated alkanes) is 2. The molecular weight excluding hydrogens is 360 g/mol. The first-order valence-electron chi connectivity index (χ1n) is 11.9. The molecule has 29 heavy (non-hydrogen) atoms. The van der Waals surface area contributed by atoms with Gasteiger partial charge in [-0.25, -0.2) is 0 Å². The Morgan fingerprint density at radius 3 is 2.72 bits per heavy atom. The largest absolute Gasteiger partial charge is 0.396 e. The number of hydrogen-bond acceptors (Lipinski definition) is 3. The maximum Gasteiger partial charge on any atom is 0.0811 e. The van der Waals surface area contributed by atoms with Crippen LogP contribution in [0.15, 0.2) is 35.5 Å². The molecule has 6 atom stereocenters. The summed E-state index contributed by atoms with van der Waals surface area (Å²) in [6.07, 6.45) is 15.4. The minimum absolute atomic E-state index is 0.321. The van der Waals surface area contributed by atoms with E-state index in [9.17, 15) is 10.2 Å². The second kappa shape index (κ2) is 9.94. The smallest absolute Gasteiger partial charge is 0.0811 e. The van der Waals surface area contributed by atoms with Crippen molar-refractivity contribution in [1.29, 1.82) is 0 Å². The Kier molecular flexibility index (Phi) is 7.81. The Bertz CT molecular complexity index is 634. The third kappa shape index (κ3) is 5.06. The highest BCUT2D eigenvalue weighted by atomic mass is 16.3. The zero-order chi connectivity index (χ0) is 21.0. The van der Waals surface area contributed by atoms with E-state index in [-0.39, 0.29) is 0 Å². The SMILES string of the molecule is C=C1/C(=C\C=C2/CCC[C@]3(C)[C@@H]([C@H](C)CCCCCO)CC[C@@H]23)C[C@H](O)C[C@@H]1O. The van der Waals surface area contributed by atoms with E-state index in [1.165, 1.54) is 44.9 Å². The lowest BCUT2D eigenvalue weighted by Crippen LogP contribution is -2.36. The van der Waals surface area contributed by atoms with E-state index < -0.39 is 12.2 Å². The summed E-state index contributed by atoms with van der Waals surface area (Å²) in [6, 6.07) is 0. The summed E-state index contributed by atoms with van der Waals surface area (Å²) in [7, 11) is 0. The van der Waals surface area contributed by atoms with E-state index in [0.717, 1.165) is 35.8 Å². The summed E-state index contributed by atoms with van der Waals surface area (Å²) in [5.41, 5.74) is 3.78. The molecule has 3 N–H and O–H groups in total. The van der Waals surface area contributed by atoms with Crippen molar-refractivity contribution in [2.24, 2.45) is 23.2 Å². The minimum Gasteiger partial charge on any atom is -0.396 e.